The highest BCUT2D eigenvalue weighted by Crippen LogP contribution is 2.26. The number of nitrogens with one attached hydrogen (secondary N) is 1. The van der Waals surface area contributed by atoms with Crippen LogP contribution in [-0.2, 0) is 6.42 Å². The van der Waals surface area contributed by atoms with Gasteiger partial charge in [-0.3, -0.25) is 0 Å². The van der Waals surface area contributed by atoms with Crippen LogP contribution in [0.1, 0.15) is 25.3 Å². The molecule has 0 amide bonds. The molecule has 92 valence electrons. The van der Waals surface area contributed by atoms with Gasteiger partial charge in [0.15, 0.2) is 0 Å². The SMILES string of the molecule is C=CC(C)(CNC1CC1)Cc1cccc(F)c1. The third-order valence-corrected chi connectivity index (χ3v) is 3.36. The van der Waals surface area contributed by atoms with Crippen LogP contribution >= 0.6 is 0 Å². The number of benzene rings is 1. The van der Waals surface area contributed by atoms with E-state index in [-0.39, 0.29) is 11.2 Å². The molecule has 1 unspecified atom stereocenters. The molecule has 2 rings (SSSR count). The number of rotatable bonds is 6. The van der Waals surface area contributed by atoms with E-state index in [0.717, 1.165) is 18.5 Å². The molecule has 1 aromatic carbocycles. The van der Waals surface area contributed by atoms with Crippen LogP contribution in [0, 0.1) is 11.2 Å². The Hall–Kier alpha value is -1.15. The van der Waals surface area contributed by atoms with Gasteiger partial charge in [-0.05, 0) is 37.0 Å². The Bertz CT molecular complexity index is 398. The lowest BCUT2D eigenvalue weighted by Crippen LogP contribution is -2.33. The summed E-state index contributed by atoms with van der Waals surface area (Å²) >= 11 is 0. The molecule has 1 aliphatic carbocycles. The van der Waals surface area contributed by atoms with Crippen molar-refractivity contribution in [1.29, 1.82) is 0 Å². The van der Waals surface area contributed by atoms with E-state index < -0.39 is 0 Å². The van der Waals surface area contributed by atoms with Crippen molar-refractivity contribution in [2.45, 2.75) is 32.2 Å². The second kappa shape index (κ2) is 5.01. The second-order valence-corrected chi connectivity index (χ2v) is 5.32. The number of hydrogen-bond donors (Lipinski definition) is 1. The molecular formula is C15H20FN. The lowest BCUT2D eigenvalue weighted by molar-refractivity contribution is 0.388. The highest BCUT2D eigenvalue weighted by atomic mass is 19.1. The van der Waals surface area contributed by atoms with E-state index in [1.165, 1.54) is 18.9 Å². The molecule has 0 spiro atoms. The van der Waals surface area contributed by atoms with Gasteiger partial charge in [0.05, 0.1) is 0 Å². The molecule has 0 heterocycles. The maximum absolute atomic E-state index is 13.1. The maximum atomic E-state index is 13.1. The second-order valence-electron chi connectivity index (χ2n) is 5.32. The van der Waals surface area contributed by atoms with Crippen molar-refractivity contribution in [3.05, 3.63) is 48.3 Å². The van der Waals surface area contributed by atoms with Gasteiger partial charge in [-0.25, -0.2) is 4.39 Å². The zero-order valence-electron chi connectivity index (χ0n) is 10.4. The molecule has 1 saturated carbocycles. The van der Waals surface area contributed by atoms with Crippen LogP contribution < -0.4 is 5.32 Å². The smallest absolute Gasteiger partial charge is 0.123 e. The normalized spacial score (nSPS) is 18.7. The predicted molar refractivity (Wildman–Crippen MR) is 69.4 cm³/mol. The Labute approximate surface area is 103 Å². The van der Waals surface area contributed by atoms with Crippen LogP contribution in [0.3, 0.4) is 0 Å². The minimum atomic E-state index is -0.163. The van der Waals surface area contributed by atoms with Crippen molar-refractivity contribution in [3.8, 4) is 0 Å². The van der Waals surface area contributed by atoms with Gasteiger partial charge >= 0.3 is 0 Å². The van der Waals surface area contributed by atoms with Crippen LogP contribution in [-0.4, -0.2) is 12.6 Å². The average Bonchev–Trinajstić information content (AvgIpc) is 3.10. The van der Waals surface area contributed by atoms with Gasteiger partial charge in [0.2, 0.25) is 0 Å². The van der Waals surface area contributed by atoms with Crippen LogP contribution in [0.4, 0.5) is 4.39 Å². The van der Waals surface area contributed by atoms with Crippen molar-refractivity contribution in [2.24, 2.45) is 5.41 Å². The Morgan fingerprint density at radius 3 is 2.88 bits per heavy atom. The van der Waals surface area contributed by atoms with Crippen LogP contribution in [0.25, 0.3) is 0 Å². The van der Waals surface area contributed by atoms with Gasteiger partial charge in [0.25, 0.3) is 0 Å². The Morgan fingerprint density at radius 2 is 2.29 bits per heavy atom. The number of hydrogen-bond acceptors (Lipinski definition) is 1. The molecule has 0 aromatic heterocycles. The van der Waals surface area contributed by atoms with Crippen LogP contribution in [0.15, 0.2) is 36.9 Å². The van der Waals surface area contributed by atoms with Crippen molar-refractivity contribution < 1.29 is 4.39 Å². The van der Waals surface area contributed by atoms with Gasteiger partial charge < -0.3 is 5.32 Å². The molecule has 1 N–H and O–H groups in total. The van der Waals surface area contributed by atoms with Crippen molar-refractivity contribution in [3.63, 3.8) is 0 Å². The average molecular weight is 233 g/mol. The Kier molecular flexibility index (Phi) is 3.63. The summed E-state index contributed by atoms with van der Waals surface area (Å²) in [6.07, 6.45) is 5.38. The summed E-state index contributed by atoms with van der Waals surface area (Å²) in [6, 6.07) is 7.53. The van der Waals surface area contributed by atoms with E-state index in [1.807, 2.05) is 12.1 Å². The summed E-state index contributed by atoms with van der Waals surface area (Å²) in [6.45, 7) is 7.00. The molecule has 0 aliphatic heterocycles. The summed E-state index contributed by atoms with van der Waals surface area (Å²) in [7, 11) is 0. The van der Waals surface area contributed by atoms with E-state index in [2.05, 4.69) is 18.8 Å². The third kappa shape index (κ3) is 3.67. The molecule has 1 aromatic rings. The topological polar surface area (TPSA) is 12.0 Å². The summed E-state index contributed by atoms with van der Waals surface area (Å²) in [5.74, 6) is -0.163. The molecule has 0 bridgehead atoms. The fourth-order valence-electron chi connectivity index (χ4n) is 1.99. The van der Waals surface area contributed by atoms with Gasteiger partial charge in [-0.2, -0.15) is 0 Å². The molecule has 1 aliphatic rings. The quantitative estimate of drug-likeness (QED) is 0.743. The lowest BCUT2D eigenvalue weighted by atomic mass is 9.83. The monoisotopic (exact) mass is 233 g/mol. The Balaban J connectivity index is 1.99. The van der Waals surface area contributed by atoms with Crippen molar-refractivity contribution in [1.82, 2.24) is 5.32 Å². The highest BCUT2D eigenvalue weighted by Gasteiger charge is 2.26. The Morgan fingerprint density at radius 1 is 1.53 bits per heavy atom. The van der Waals surface area contributed by atoms with E-state index in [1.54, 1.807) is 12.1 Å². The van der Waals surface area contributed by atoms with E-state index in [4.69, 9.17) is 0 Å². The minimum absolute atomic E-state index is 0.00359. The fourth-order valence-corrected chi connectivity index (χ4v) is 1.99. The van der Waals surface area contributed by atoms with Crippen molar-refractivity contribution >= 4 is 0 Å². The first-order valence-corrected chi connectivity index (χ1v) is 6.23. The number of halogens is 1. The van der Waals surface area contributed by atoms with Crippen molar-refractivity contribution in [2.75, 3.05) is 6.54 Å². The molecule has 0 radical (unpaired) electrons. The van der Waals surface area contributed by atoms with E-state index in [9.17, 15) is 4.39 Å². The first-order chi connectivity index (χ1) is 8.11. The zero-order chi connectivity index (χ0) is 12.3. The van der Waals surface area contributed by atoms with Gasteiger partial charge in [-0.15, -0.1) is 6.58 Å². The lowest BCUT2D eigenvalue weighted by Gasteiger charge is -2.26. The molecule has 1 fully saturated rings. The van der Waals surface area contributed by atoms with Gasteiger partial charge in [0.1, 0.15) is 5.82 Å². The first kappa shape index (κ1) is 12.3. The maximum Gasteiger partial charge on any atom is 0.123 e. The molecule has 1 nitrogen and oxygen atoms in total. The fraction of sp³-hybridized carbons (Fsp3) is 0.467. The zero-order valence-corrected chi connectivity index (χ0v) is 10.4. The predicted octanol–water partition coefficient (Wildman–Crippen LogP) is 3.31. The van der Waals surface area contributed by atoms with Crippen LogP contribution in [0.2, 0.25) is 0 Å². The van der Waals surface area contributed by atoms with Crippen LogP contribution in [0.5, 0.6) is 0 Å². The standard InChI is InChI=1S/C15H20FN/c1-3-15(2,11-17-14-7-8-14)10-12-5-4-6-13(16)9-12/h3-6,9,14,17H,1,7-8,10-11H2,2H3. The molecule has 1 atom stereocenters. The summed E-state index contributed by atoms with van der Waals surface area (Å²) in [5.41, 5.74) is 1.03. The molecule has 17 heavy (non-hydrogen) atoms. The van der Waals surface area contributed by atoms with Gasteiger partial charge in [-0.1, -0.05) is 25.1 Å². The molecule has 2 heteroatoms. The minimum Gasteiger partial charge on any atom is -0.313 e. The third-order valence-electron chi connectivity index (χ3n) is 3.36. The highest BCUT2D eigenvalue weighted by molar-refractivity contribution is 5.19. The summed E-state index contributed by atoms with van der Waals surface area (Å²) in [4.78, 5) is 0. The largest absolute Gasteiger partial charge is 0.313 e. The molecule has 0 saturated heterocycles. The summed E-state index contributed by atoms with van der Waals surface area (Å²) < 4.78 is 13.1. The van der Waals surface area contributed by atoms with E-state index >= 15 is 0 Å². The van der Waals surface area contributed by atoms with Gasteiger partial charge in [0, 0.05) is 18.0 Å². The summed E-state index contributed by atoms with van der Waals surface area (Å²) in [5, 5.41) is 3.52. The molecular weight excluding hydrogens is 213 g/mol. The van der Waals surface area contributed by atoms with E-state index in [0.29, 0.717) is 6.04 Å². The first-order valence-electron chi connectivity index (χ1n) is 6.23.